The Morgan fingerprint density at radius 3 is 2.68 bits per heavy atom. The van der Waals surface area contributed by atoms with Crippen LogP contribution in [0.2, 0.25) is 0 Å². The van der Waals surface area contributed by atoms with Crippen LogP contribution in [0.4, 0.5) is 10.1 Å². The summed E-state index contributed by atoms with van der Waals surface area (Å²) in [7, 11) is -2.03. The molecule has 0 aliphatic heterocycles. The van der Waals surface area contributed by atoms with Crippen molar-refractivity contribution in [3.05, 3.63) is 46.4 Å². The van der Waals surface area contributed by atoms with Crippen molar-refractivity contribution in [2.24, 2.45) is 0 Å². The Morgan fingerprint density at radius 1 is 1.26 bits per heavy atom. The highest BCUT2D eigenvalue weighted by molar-refractivity contribution is 7.93. The summed E-state index contributed by atoms with van der Waals surface area (Å²) in [6, 6.07) is 7.19. The number of anilines is 1. The van der Waals surface area contributed by atoms with Crippen LogP contribution >= 0.6 is 11.3 Å². The lowest BCUT2D eigenvalue weighted by Crippen LogP contribution is -2.16. The molecular formula is C12H13FN2O2S2. The van der Waals surface area contributed by atoms with Crippen LogP contribution in [-0.4, -0.2) is 15.5 Å². The van der Waals surface area contributed by atoms with Gasteiger partial charge in [0, 0.05) is 11.4 Å². The lowest BCUT2D eigenvalue weighted by Gasteiger charge is -2.09. The number of para-hydroxylation sites is 1. The number of sulfonamides is 1. The second-order valence-corrected chi connectivity index (χ2v) is 6.48. The zero-order valence-electron chi connectivity index (χ0n) is 10.2. The summed E-state index contributed by atoms with van der Waals surface area (Å²) >= 11 is 1.34. The fourth-order valence-electron chi connectivity index (χ4n) is 1.60. The summed E-state index contributed by atoms with van der Waals surface area (Å²) in [6.07, 6.45) is 0. The van der Waals surface area contributed by atoms with Gasteiger partial charge in [-0.1, -0.05) is 12.1 Å². The van der Waals surface area contributed by atoms with Gasteiger partial charge in [-0.15, -0.1) is 11.3 Å². The van der Waals surface area contributed by atoms with E-state index in [2.05, 4.69) is 10.0 Å². The highest BCUT2D eigenvalue weighted by Gasteiger charge is 2.20. The molecule has 1 heterocycles. The highest BCUT2D eigenvalue weighted by Crippen LogP contribution is 2.25. The maximum Gasteiger partial charge on any atom is 0.263 e. The molecule has 0 unspecified atom stereocenters. The molecule has 19 heavy (non-hydrogen) atoms. The first-order valence-corrected chi connectivity index (χ1v) is 7.89. The SMILES string of the molecule is CNCc1sccc1S(=O)(=O)Nc1ccccc1F. The zero-order chi connectivity index (χ0) is 13.9. The molecule has 0 atom stereocenters. The molecule has 2 aromatic rings. The lowest BCUT2D eigenvalue weighted by molar-refractivity contribution is 0.597. The van der Waals surface area contributed by atoms with Crippen LogP contribution in [-0.2, 0) is 16.6 Å². The van der Waals surface area contributed by atoms with Gasteiger partial charge in [-0.05, 0) is 30.6 Å². The first-order valence-electron chi connectivity index (χ1n) is 5.53. The van der Waals surface area contributed by atoms with Crippen LogP contribution in [0.5, 0.6) is 0 Å². The van der Waals surface area contributed by atoms with Crippen molar-refractivity contribution in [2.75, 3.05) is 11.8 Å². The Morgan fingerprint density at radius 2 is 2.00 bits per heavy atom. The Kier molecular flexibility index (Phi) is 4.18. The molecule has 4 nitrogen and oxygen atoms in total. The molecule has 0 aliphatic carbocycles. The Bertz CT molecular complexity index is 668. The van der Waals surface area contributed by atoms with E-state index in [0.29, 0.717) is 11.4 Å². The van der Waals surface area contributed by atoms with E-state index in [-0.39, 0.29) is 10.6 Å². The molecule has 0 radical (unpaired) electrons. The van der Waals surface area contributed by atoms with Crippen molar-refractivity contribution in [1.29, 1.82) is 0 Å². The van der Waals surface area contributed by atoms with E-state index in [0.717, 1.165) is 0 Å². The smallest absolute Gasteiger partial charge is 0.263 e. The van der Waals surface area contributed by atoms with Crippen LogP contribution in [0.1, 0.15) is 4.88 Å². The summed E-state index contributed by atoms with van der Waals surface area (Å²) in [6.45, 7) is 0.450. The zero-order valence-corrected chi connectivity index (χ0v) is 11.8. The van der Waals surface area contributed by atoms with Crippen molar-refractivity contribution in [3.8, 4) is 0 Å². The third-order valence-electron chi connectivity index (χ3n) is 2.45. The predicted octanol–water partition coefficient (Wildman–Crippen LogP) is 2.41. The molecular weight excluding hydrogens is 287 g/mol. The molecule has 102 valence electrons. The number of benzene rings is 1. The molecule has 0 aliphatic rings. The van der Waals surface area contributed by atoms with Gasteiger partial charge in [0.1, 0.15) is 10.7 Å². The van der Waals surface area contributed by atoms with Gasteiger partial charge in [-0.2, -0.15) is 0 Å². The lowest BCUT2D eigenvalue weighted by atomic mass is 10.3. The van der Waals surface area contributed by atoms with E-state index in [1.165, 1.54) is 35.6 Å². The van der Waals surface area contributed by atoms with Gasteiger partial charge in [-0.25, -0.2) is 12.8 Å². The quantitative estimate of drug-likeness (QED) is 0.891. The van der Waals surface area contributed by atoms with Crippen LogP contribution in [0, 0.1) is 5.82 Å². The third-order valence-corrected chi connectivity index (χ3v) is 4.95. The largest absolute Gasteiger partial charge is 0.315 e. The Labute approximate surface area is 115 Å². The van der Waals surface area contributed by atoms with Crippen molar-refractivity contribution < 1.29 is 12.8 Å². The van der Waals surface area contributed by atoms with Crippen LogP contribution in [0.15, 0.2) is 40.6 Å². The second kappa shape index (κ2) is 5.68. The Balaban J connectivity index is 2.33. The van der Waals surface area contributed by atoms with E-state index in [9.17, 15) is 12.8 Å². The molecule has 0 saturated heterocycles. The van der Waals surface area contributed by atoms with Gasteiger partial charge in [0.05, 0.1) is 5.69 Å². The summed E-state index contributed by atoms with van der Waals surface area (Å²) in [5.41, 5.74) is -0.0518. The topological polar surface area (TPSA) is 58.2 Å². The van der Waals surface area contributed by atoms with Crippen LogP contribution in [0.25, 0.3) is 0 Å². The normalized spacial score (nSPS) is 11.5. The van der Waals surface area contributed by atoms with Gasteiger partial charge in [0.2, 0.25) is 0 Å². The number of rotatable bonds is 5. The first kappa shape index (κ1) is 14.0. The van der Waals surface area contributed by atoms with Gasteiger partial charge in [-0.3, -0.25) is 4.72 Å². The summed E-state index contributed by atoms with van der Waals surface area (Å²) in [4.78, 5) is 0.862. The summed E-state index contributed by atoms with van der Waals surface area (Å²) in [5.74, 6) is -0.600. The van der Waals surface area contributed by atoms with E-state index in [1.54, 1.807) is 18.5 Å². The minimum atomic E-state index is -3.76. The number of halogens is 1. The minimum absolute atomic E-state index is 0.0518. The van der Waals surface area contributed by atoms with Gasteiger partial charge in [0.25, 0.3) is 10.0 Å². The first-order chi connectivity index (χ1) is 9.04. The molecule has 1 aromatic heterocycles. The monoisotopic (exact) mass is 300 g/mol. The molecule has 0 saturated carbocycles. The fraction of sp³-hybridized carbons (Fsp3) is 0.167. The molecule has 7 heteroatoms. The summed E-state index contributed by atoms with van der Waals surface area (Å²) in [5, 5.41) is 4.60. The van der Waals surface area contributed by atoms with Crippen LogP contribution in [0.3, 0.4) is 0 Å². The van der Waals surface area contributed by atoms with Gasteiger partial charge >= 0.3 is 0 Å². The third kappa shape index (κ3) is 3.12. The molecule has 0 spiro atoms. The number of nitrogens with one attached hydrogen (secondary N) is 2. The number of hydrogen-bond acceptors (Lipinski definition) is 4. The average Bonchev–Trinajstić information content (AvgIpc) is 2.81. The highest BCUT2D eigenvalue weighted by atomic mass is 32.2. The van der Waals surface area contributed by atoms with E-state index in [1.807, 2.05) is 0 Å². The standard InChI is InChI=1S/C12H13FN2O2S2/c1-14-8-11-12(6-7-18-11)19(16,17)15-10-5-3-2-4-9(10)13/h2-7,14-15H,8H2,1H3. The maximum atomic E-state index is 13.5. The van der Waals surface area contributed by atoms with E-state index < -0.39 is 15.8 Å². The van der Waals surface area contributed by atoms with Crippen molar-refractivity contribution in [2.45, 2.75) is 11.4 Å². The predicted molar refractivity (Wildman–Crippen MR) is 74.3 cm³/mol. The molecule has 2 rings (SSSR count). The van der Waals surface area contributed by atoms with Crippen molar-refractivity contribution in [3.63, 3.8) is 0 Å². The second-order valence-electron chi connectivity index (χ2n) is 3.82. The summed E-state index contributed by atoms with van der Waals surface area (Å²) < 4.78 is 40.2. The van der Waals surface area contributed by atoms with Crippen LogP contribution < -0.4 is 10.0 Å². The number of hydrogen-bond donors (Lipinski definition) is 2. The fourth-order valence-corrected chi connectivity index (χ4v) is 4.13. The van der Waals surface area contributed by atoms with Gasteiger partial charge in [0.15, 0.2) is 0 Å². The van der Waals surface area contributed by atoms with Crippen molar-refractivity contribution in [1.82, 2.24) is 5.32 Å². The minimum Gasteiger partial charge on any atom is -0.315 e. The molecule has 2 N–H and O–H groups in total. The van der Waals surface area contributed by atoms with E-state index >= 15 is 0 Å². The maximum absolute atomic E-state index is 13.5. The number of thiophene rings is 1. The Hall–Kier alpha value is -1.44. The van der Waals surface area contributed by atoms with Crippen molar-refractivity contribution >= 4 is 27.0 Å². The van der Waals surface area contributed by atoms with Gasteiger partial charge < -0.3 is 5.32 Å². The molecule has 0 bridgehead atoms. The average molecular weight is 300 g/mol. The molecule has 0 amide bonds. The van der Waals surface area contributed by atoms with E-state index in [4.69, 9.17) is 0 Å². The molecule has 0 fully saturated rings. The molecule has 1 aromatic carbocycles.